The van der Waals surface area contributed by atoms with E-state index in [2.05, 4.69) is 9.97 Å². The van der Waals surface area contributed by atoms with Crippen LogP contribution in [0.5, 0.6) is 5.75 Å². The van der Waals surface area contributed by atoms with Crippen molar-refractivity contribution in [2.75, 3.05) is 23.8 Å². The molecular weight excluding hydrogens is 437 g/mol. The lowest BCUT2D eigenvalue weighted by molar-refractivity contribution is -0.140. The van der Waals surface area contributed by atoms with Crippen LogP contribution in [0, 0.1) is 11.6 Å². The fourth-order valence-electron chi connectivity index (χ4n) is 3.67. The maximum Gasteiger partial charge on any atom is 0.419 e. The molecule has 2 aromatic carbocycles. The number of nitrogens with two attached hydrogens (primary N) is 1. The standard InChI is InChI=1S/C20H12F5N5O2/c21-11-5-13-14(30-8-27-7-16(30)18(26)28-13)3-9(11)19(31)29-1-2-32-17-4-10(20(23,24)25)12(22)6-15(17)29/h3-8H,1-2H2,(H2,26,28). The summed E-state index contributed by atoms with van der Waals surface area (Å²) in [5.41, 5.74) is 4.67. The van der Waals surface area contributed by atoms with E-state index in [1.165, 1.54) is 23.0 Å². The number of carbonyl (C=O) groups is 1. The molecule has 5 rings (SSSR count). The van der Waals surface area contributed by atoms with Crippen LogP contribution in [0.4, 0.5) is 33.5 Å². The zero-order valence-electron chi connectivity index (χ0n) is 16.0. The molecule has 1 amide bonds. The minimum Gasteiger partial charge on any atom is -0.490 e. The van der Waals surface area contributed by atoms with Gasteiger partial charge in [0.1, 0.15) is 35.3 Å². The van der Waals surface area contributed by atoms with E-state index in [9.17, 15) is 26.7 Å². The van der Waals surface area contributed by atoms with Crippen LogP contribution in [0.25, 0.3) is 16.6 Å². The zero-order chi connectivity index (χ0) is 22.8. The number of nitrogens with zero attached hydrogens (tertiary/aromatic N) is 4. The third kappa shape index (κ3) is 2.98. The highest BCUT2D eigenvalue weighted by atomic mass is 19.4. The van der Waals surface area contributed by atoms with Crippen molar-refractivity contribution >= 4 is 34.0 Å². The topological polar surface area (TPSA) is 85.8 Å². The van der Waals surface area contributed by atoms with Crippen LogP contribution in [-0.2, 0) is 6.18 Å². The molecule has 0 unspecified atom stereocenters. The monoisotopic (exact) mass is 449 g/mol. The van der Waals surface area contributed by atoms with E-state index >= 15 is 0 Å². The molecule has 2 aromatic heterocycles. The van der Waals surface area contributed by atoms with Crippen molar-refractivity contribution in [1.29, 1.82) is 0 Å². The van der Waals surface area contributed by atoms with Crippen molar-refractivity contribution in [1.82, 2.24) is 14.4 Å². The van der Waals surface area contributed by atoms with Gasteiger partial charge in [-0.3, -0.25) is 9.20 Å². The molecule has 0 bridgehead atoms. The summed E-state index contributed by atoms with van der Waals surface area (Å²) in [5.74, 6) is -3.58. The normalized spacial score (nSPS) is 14.0. The number of fused-ring (bicyclic) bond motifs is 4. The average Bonchev–Trinajstić information content (AvgIpc) is 3.22. The molecule has 0 radical (unpaired) electrons. The third-order valence-corrected chi connectivity index (χ3v) is 5.16. The lowest BCUT2D eigenvalue weighted by Crippen LogP contribution is -2.38. The molecule has 2 N–H and O–H groups in total. The third-order valence-electron chi connectivity index (χ3n) is 5.16. The predicted octanol–water partition coefficient (Wildman–Crippen LogP) is 3.80. The Kier molecular flexibility index (Phi) is 4.23. The number of hydrogen-bond donors (Lipinski definition) is 1. The van der Waals surface area contributed by atoms with Crippen LogP contribution in [0.1, 0.15) is 15.9 Å². The lowest BCUT2D eigenvalue weighted by atomic mass is 10.1. The number of imidazole rings is 1. The first-order valence-electron chi connectivity index (χ1n) is 9.21. The Morgan fingerprint density at radius 1 is 1.09 bits per heavy atom. The van der Waals surface area contributed by atoms with Gasteiger partial charge >= 0.3 is 6.18 Å². The van der Waals surface area contributed by atoms with Crippen molar-refractivity contribution in [3.63, 3.8) is 0 Å². The molecule has 164 valence electrons. The quantitative estimate of drug-likeness (QED) is 0.447. The molecule has 0 aliphatic carbocycles. The van der Waals surface area contributed by atoms with E-state index in [1.807, 2.05) is 0 Å². The Morgan fingerprint density at radius 3 is 2.62 bits per heavy atom. The van der Waals surface area contributed by atoms with E-state index < -0.39 is 29.3 Å². The first-order valence-corrected chi connectivity index (χ1v) is 9.21. The second kappa shape index (κ2) is 6.77. The van der Waals surface area contributed by atoms with Crippen LogP contribution >= 0.6 is 0 Å². The summed E-state index contributed by atoms with van der Waals surface area (Å²) in [6.07, 6.45) is -2.07. The van der Waals surface area contributed by atoms with Crippen LogP contribution in [0.15, 0.2) is 36.8 Å². The minimum absolute atomic E-state index is 0.116. The Labute approximate surface area is 175 Å². The number of amides is 1. The van der Waals surface area contributed by atoms with Gasteiger partial charge in [0.25, 0.3) is 5.91 Å². The van der Waals surface area contributed by atoms with E-state index in [0.29, 0.717) is 23.2 Å². The van der Waals surface area contributed by atoms with Gasteiger partial charge in [0, 0.05) is 12.1 Å². The molecule has 1 aliphatic rings. The molecule has 0 atom stereocenters. The van der Waals surface area contributed by atoms with Gasteiger partial charge in [-0.1, -0.05) is 0 Å². The molecule has 0 spiro atoms. The lowest BCUT2D eigenvalue weighted by Gasteiger charge is -2.30. The highest BCUT2D eigenvalue weighted by molar-refractivity contribution is 6.09. The summed E-state index contributed by atoms with van der Waals surface area (Å²) in [7, 11) is 0. The van der Waals surface area contributed by atoms with E-state index in [4.69, 9.17) is 10.5 Å². The number of alkyl halides is 3. The number of halogens is 5. The number of hydrogen-bond acceptors (Lipinski definition) is 5. The largest absolute Gasteiger partial charge is 0.490 e. The molecule has 0 saturated heterocycles. The number of carbonyl (C=O) groups excluding carboxylic acids is 1. The highest BCUT2D eigenvalue weighted by Crippen LogP contribution is 2.40. The number of anilines is 2. The number of aromatic nitrogens is 3. The summed E-state index contributed by atoms with van der Waals surface area (Å²) in [4.78, 5) is 22.2. The maximum atomic E-state index is 14.9. The van der Waals surface area contributed by atoms with Crippen molar-refractivity contribution in [2.24, 2.45) is 0 Å². The summed E-state index contributed by atoms with van der Waals surface area (Å²) >= 11 is 0. The van der Waals surface area contributed by atoms with Crippen LogP contribution < -0.4 is 15.4 Å². The Hall–Kier alpha value is -3.96. The predicted molar refractivity (Wildman–Crippen MR) is 103 cm³/mol. The van der Waals surface area contributed by atoms with Gasteiger partial charge in [0.05, 0.1) is 46.9 Å². The summed E-state index contributed by atoms with van der Waals surface area (Å²) in [6.45, 7) is -0.269. The van der Waals surface area contributed by atoms with Crippen LogP contribution in [0.2, 0.25) is 0 Å². The second-order valence-electron chi connectivity index (χ2n) is 7.07. The Morgan fingerprint density at radius 2 is 1.88 bits per heavy atom. The molecule has 0 saturated carbocycles. The molecule has 0 fully saturated rings. The zero-order valence-corrected chi connectivity index (χ0v) is 16.0. The first-order chi connectivity index (χ1) is 15.1. The van der Waals surface area contributed by atoms with Gasteiger partial charge in [-0.05, 0) is 12.1 Å². The van der Waals surface area contributed by atoms with Crippen molar-refractivity contribution in [3.8, 4) is 5.75 Å². The first kappa shape index (κ1) is 20.0. The molecule has 12 heteroatoms. The Balaban J connectivity index is 1.63. The van der Waals surface area contributed by atoms with E-state index in [-0.39, 0.29) is 41.5 Å². The number of nitrogen functional groups attached to an aromatic ring is 1. The Bertz CT molecular complexity index is 1420. The number of ether oxygens (including phenoxy) is 1. The van der Waals surface area contributed by atoms with Crippen LogP contribution in [0.3, 0.4) is 0 Å². The van der Waals surface area contributed by atoms with Crippen molar-refractivity contribution < 1.29 is 31.5 Å². The fourth-order valence-corrected chi connectivity index (χ4v) is 3.67. The van der Waals surface area contributed by atoms with Crippen molar-refractivity contribution in [3.05, 3.63) is 59.6 Å². The molecular formula is C20H12F5N5O2. The molecule has 7 nitrogen and oxygen atoms in total. The highest BCUT2D eigenvalue weighted by Gasteiger charge is 2.37. The van der Waals surface area contributed by atoms with Gasteiger partial charge in [-0.15, -0.1) is 0 Å². The van der Waals surface area contributed by atoms with E-state index in [1.54, 1.807) is 0 Å². The smallest absolute Gasteiger partial charge is 0.419 e. The molecule has 1 aliphatic heterocycles. The average molecular weight is 449 g/mol. The summed E-state index contributed by atoms with van der Waals surface area (Å²) in [6, 6.07) is 3.31. The van der Waals surface area contributed by atoms with Gasteiger partial charge in [-0.2, -0.15) is 13.2 Å². The molecule has 32 heavy (non-hydrogen) atoms. The van der Waals surface area contributed by atoms with Gasteiger partial charge in [0.15, 0.2) is 0 Å². The van der Waals surface area contributed by atoms with Gasteiger partial charge in [-0.25, -0.2) is 18.7 Å². The molecule has 3 heterocycles. The van der Waals surface area contributed by atoms with Crippen LogP contribution in [-0.4, -0.2) is 33.4 Å². The second-order valence-corrected chi connectivity index (χ2v) is 7.07. The maximum absolute atomic E-state index is 14.9. The fraction of sp³-hybridized carbons (Fsp3) is 0.150. The van der Waals surface area contributed by atoms with E-state index in [0.717, 1.165) is 11.0 Å². The molecule has 4 aromatic rings. The minimum atomic E-state index is -4.94. The van der Waals surface area contributed by atoms with Crippen molar-refractivity contribution in [2.45, 2.75) is 6.18 Å². The SMILES string of the molecule is Nc1nc2cc(F)c(C(=O)N3CCOc4cc(C(F)(F)F)c(F)cc43)cc2n2cncc12. The number of benzene rings is 2. The summed E-state index contributed by atoms with van der Waals surface area (Å²) in [5, 5.41) is 0. The van der Waals surface area contributed by atoms with Gasteiger partial charge < -0.3 is 15.4 Å². The van der Waals surface area contributed by atoms with Gasteiger partial charge in [0.2, 0.25) is 0 Å². The summed E-state index contributed by atoms with van der Waals surface area (Å²) < 4.78 is 74.8. The number of rotatable bonds is 1.